The summed E-state index contributed by atoms with van der Waals surface area (Å²) >= 11 is 0. The largest absolute Gasteiger partial charge is 0.351 e. The molecule has 1 aromatic carbocycles. The van der Waals surface area contributed by atoms with E-state index >= 15 is 0 Å². The van der Waals surface area contributed by atoms with Gasteiger partial charge in [0.25, 0.3) is 0 Å². The maximum absolute atomic E-state index is 13.7. The minimum absolute atomic E-state index is 0.00305. The normalized spacial score (nSPS) is 24.5. The molecule has 0 bridgehead atoms. The molecule has 1 saturated heterocycles. The molecule has 0 aromatic heterocycles. The van der Waals surface area contributed by atoms with E-state index in [2.05, 4.69) is 5.32 Å². The topological polar surface area (TPSA) is 86.8 Å². The number of piperazine rings is 1. The third kappa shape index (κ3) is 4.67. The zero-order chi connectivity index (χ0) is 22.1. The van der Waals surface area contributed by atoms with Crippen molar-refractivity contribution >= 4 is 27.5 Å². The van der Waals surface area contributed by atoms with Crippen molar-refractivity contribution in [3.8, 4) is 0 Å². The Labute approximate surface area is 177 Å². The van der Waals surface area contributed by atoms with Crippen molar-refractivity contribution in [2.24, 2.45) is 0 Å². The highest BCUT2D eigenvalue weighted by atomic mass is 32.2. The summed E-state index contributed by atoms with van der Waals surface area (Å²) < 4.78 is 39.1. The number of nitrogens with zero attached hydrogens (tertiary/aromatic N) is 2. The maximum Gasteiger partial charge on any atom is 0.247 e. The summed E-state index contributed by atoms with van der Waals surface area (Å²) in [5.41, 5.74) is -0.537. The van der Waals surface area contributed by atoms with E-state index in [1.165, 1.54) is 23.1 Å². The fourth-order valence-electron chi connectivity index (χ4n) is 4.41. The van der Waals surface area contributed by atoms with E-state index in [0.717, 1.165) is 49.1 Å². The molecule has 1 N–H and O–H groups in total. The molecule has 0 spiro atoms. The van der Waals surface area contributed by atoms with Crippen LogP contribution in [0.5, 0.6) is 0 Å². The van der Waals surface area contributed by atoms with Crippen LogP contribution in [-0.2, 0) is 19.6 Å². The molecule has 0 radical (unpaired) electrons. The van der Waals surface area contributed by atoms with Crippen LogP contribution in [0.15, 0.2) is 18.2 Å². The first-order chi connectivity index (χ1) is 14.0. The summed E-state index contributed by atoms with van der Waals surface area (Å²) in [5, 5.41) is 3.06. The average molecular weight is 440 g/mol. The Balaban J connectivity index is 2.00. The summed E-state index contributed by atoms with van der Waals surface area (Å²) in [7, 11) is -3.68. The Hall–Kier alpha value is -2.00. The second-order valence-corrected chi connectivity index (χ2v) is 10.6. The molecule has 1 aliphatic heterocycles. The molecule has 7 nitrogen and oxygen atoms in total. The van der Waals surface area contributed by atoms with E-state index in [0.29, 0.717) is 11.3 Å². The van der Waals surface area contributed by atoms with Gasteiger partial charge in [0.2, 0.25) is 21.8 Å². The molecule has 0 unspecified atom stereocenters. The van der Waals surface area contributed by atoms with Crippen molar-refractivity contribution in [2.75, 3.05) is 24.2 Å². The lowest BCUT2D eigenvalue weighted by molar-refractivity contribution is -0.133. The van der Waals surface area contributed by atoms with Crippen molar-refractivity contribution < 1.29 is 22.4 Å². The van der Waals surface area contributed by atoms with Crippen LogP contribution in [0.4, 0.5) is 10.1 Å². The quantitative estimate of drug-likeness (QED) is 0.730. The van der Waals surface area contributed by atoms with Gasteiger partial charge >= 0.3 is 0 Å². The molecule has 2 amide bonds. The van der Waals surface area contributed by atoms with E-state index in [-0.39, 0.29) is 25.0 Å². The molecular formula is C21H30FN3O4S. The molecule has 2 fully saturated rings. The average Bonchev–Trinajstić information content (AvgIpc) is 2.90. The Morgan fingerprint density at radius 1 is 1.20 bits per heavy atom. The zero-order valence-electron chi connectivity index (χ0n) is 17.8. The van der Waals surface area contributed by atoms with Crippen molar-refractivity contribution in [2.45, 2.75) is 64.0 Å². The minimum atomic E-state index is -3.68. The van der Waals surface area contributed by atoms with Crippen molar-refractivity contribution in [3.05, 3.63) is 29.6 Å². The standard InChI is InChI=1S/C21H30FN3O4S/c1-15-12-16(22)10-11-18(15)25-19(26)13-24(30(3,28)29)14-21(25,2)20(27)23-17-8-6-4-5-7-9-17/h10-12,17H,4-9,13-14H2,1-3H3,(H,23,27)/t21-/m0/s1. The van der Waals surface area contributed by atoms with Crippen LogP contribution < -0.4 is 10.2 Å². The summed E-state index contributed by atoms with van der Waals surface area (Å²) in [6, 6.07) is 4.00. The maximum atomic E-state index is 13.7. The van der Waals surface area contributed by atoms with Crippen molar-refractivity contribution in [1.82, 2.24) is 9.62 Å². The van der Waals surface area contributed by atoms with Gasteiger partial charge in [0.15, 0.2) is 0 Å². The van der Waals surface area contributed by atoms with Crippen LogP contribution in [0.25, 0.3) is 0 Å². The molecule has 3 rings (SSSR count). The number of amides is 2. The molecule has 1 atom stereocenters. The Bertz CT molecular complexity index is 928. The van der Waals surface area contributed by atoms with Crippen LogP contribution in [0, 0.1) is 12.7 Å². The molecule has 2 aliphatic rings. The van der Waals surface area contributed by atoms with Crippen LogP contribution in [0.2, 0.25) is 0 Å². The minimum Gasteiger partial charge on any atom is -0.351 e. The Kier molecular flexibility index (Phi) is 6.52. The zero-order valence-corrected chi connectivity index (χ0v) is 18.6. The van der Waals surface area contributed by atoms with Gasteiger partial charge < -0.3 is 5.32 Å². The summed E-state index contributed by atoms with van der Waals surface area (Å²) in [4.78, 5) is 27.9. The van der Waals surface area contributed by atoms with Crippen LogP contribution in [-0.4, -0.2) is 55.5 Å². The van der Waals surface area contributed by atoms with Gasteiger partial charge in [-0.3, -0.25) is 14.5 Å². The molecule has 9 heteroatoms. The van der Waals surface area contributed by atoms with E-state index in [4.69, 9.17) is 0 Å². The van der Waals surface area contributed by atoms with Gasteiger partial charge in [-0.05, 0) is 50.5 Å². The predicted octanol–water partition coefficient (Wildman–Crippen LogP) is 2.34. The molecule has 166 valence electrons. The first-order valence-electron chi connectivity index (χ1n) is 10.4. The number of hydrogen-bond acceptors (Lipinski definition) is 4. The van der Waals surface area contributed by atoms with Crippen molar-refractivity contribution in [3.63, 3.8) is 0 Å². The molecule has 30 heavy (non-hydrogen) atoms. The highest BCUT2D eigenvalue weighted by Crippen LogP contribution is 2.33. The third-order valence-electron chi connectivity index (χ3n) is 6.09. The lowest BCUT2D eigenvalue weighted by Gasteiger charge is -2.47. The highest BCUT2D eigenvalue weighted by Gasteiger charge is 2.50. The summed E-state index contributed by atoms with van der Waals surface area (Å²) in [6.07, 6.45) is 7.06. The smallest absolute Gasteiger partial charge is 0.247 e. The van der Waals surface area contributed by atoms with Gasteiger partial charge in [-0.2, -0.15) is 4.31 Å². The van der Waals surface area contributed by atoms with E-state index < -0.39 is 27.3 Å². The second-order valence-electron chi connectivity index (χ2n) is 8.63. The number of sulfonamides is 1. The van der Waals surface area contributed by atoms with E-state index in [9.17, 15) is 22.4 Å². The Morgan fingerprint density at radius 2 is 1.83 bits per heavy atom. The van der Waals surface area contributed by atoms with Crippen LogP contribution in [0.1, 0.15) is 51.0 Å². The fourth-order valence-corrected chi connectivity index (χ4v) is 5.24. The number of carbonyl (C=O) groups is 2. The molecule has 1 aliphatic carbocycles. The number of benzene rings is 1. The monoisotopic (exact) mass is 439 g/mol. The fraction of sp³-hybridized carbons (Fsp3) is 0.619. The van der Waals surface area contributed by atoms with Gasteiger partial charge in [-0.15, -0.1) is 0 Å². The molecular weight excluding hydrogens is 409 g/mol. The Morgan fingerprint density at radius 3 is 2.40 bits per heavy atom. The number of anilines is 1. The van der Waals surface area contributed by atoms with Crippen LogP contribution in [0.3, 0.4) is 0 Å². The molecule has 1 aromatic rings. The summed E-state index contributed by atoms with van der Waals surface area (Å²) in [6.45, 7) is 2.73. The van der Waals surface area contributed by atoms with Crippen molar-refractivity contribution in [1.29, 1.82) is 0 Å². The van der Waals surface area contributed by atoms with E-state index in [1.54, 1.807) is 13.8 Å². The van der Waals surface area contributed by atoms with Gasteiger partial charge in [0, 0.05) is 18.3 Å². The van der Waals surface area contributed by atoms with Crippen LogP contribution >= 0.6 is 0 Å². The second kappa shape index (κ2) is 8.63. The first kappa shape index (κ1) is 22.7. The highest BCUT2D eigenvalue weighted by molar-refractivity contribution is 7.88. The van der Waals surface area contributed by atoms with E-state index in [1.807, 2.05) is 0 Å². The number of hydrogen-bond donors (Lipinski definition) is 1. The van der Waals surface area contributed by atoms with Gasteiger partial charge in [0.1, 0.15) is 11.4 Å². The third-order valence-corrected chi connectivity index (χ3v) is 7.28. The lowest BCUT2D eigenvalue weighted by Crippen LogP contribution is -2.70. The van der Waals surface area contributed by atoms with Gasteiger partial charge in [0.05, 0.1) is 12.8 Å². The predicted molar refractivity (Wildman–Crippen MR) is 113 cm³/mol. The molecule has 1 saturated carbocycles. The number of halogens is 1. The number of carbonyl (C=O) groups excluding carboxylic acids is 2. The SMILES string of the molecule is Cc1cc(F)ccc1N1C(=O)CN(S(C)(=O)=O)C[C@@]1(C)C(=O)NC1CCCCCC1. The number of rotatable bonds is 4. The number of aryl methyl sites for hydroxylation is 1. The lowest BCUT2D eigenvalue weighted by atomic mass is 9.92. The van der Waals surface area contributed by atoms with Gasteiger partial charge in [-0.25, -0.2) is 12.8 Å². The van der Waals surface area contributed by atoms with Gasteiger partial charge in [-0.1, -0.05) is 25.7 Å². The first-order valence-corrected chi connectivity index (χ1v) is 12.2. The summed E-state index contributed by atoms with van der Waals surface area (Å²) in [5.74, 6) is -1.34. The number of nitrogens with one attached hydrogen (secondary N) is 1. The molecule has 1 heterocycles.